The van der Waals surface area contributed by atoms with Crippen LogP contribution in [0, 0.1) is 5.41 Å². The molecular formula is C32H38ClN3O3. The number of hydrogen-bond donors (Lipinski definition) is 1. The smallest absolute Gasteiger partial charge is 0.231 e. The number of methoxy groups -OCH3 is 1. The molecule has 2 amide bonds. The second-order valence-electron chi connectivity index (χ2n) is 10.6. The average Bonchev–Trinajstić information content (AvgIpc) is 3.25. The number of anilines is 1. The van der Waals surface area contributed by atoms with E-state index in [0.717, 1.165) is 74.4 Å². The molecule has 3 aromatic carbocycles. The maximum absolute atomic E-state index is 13.5. The molecule has 2 aliphatic rings. The van der Waals surface area contributed by atoms with Gasteiger partial charge in [-0.3, -0.25) is 9.59 Å². The maximum Gasteiger partial charge on any atom is 0.231 e. The van der Waals surface area contributed by atoms with Gasteiger partial charge in [-0.25, -0.2) is 0 Å². The number of nitrogens with zero attached hydrogens (tertiary/aromatic N) is 2. The first-order valence-corrected chi connectivity index (χ1v) is 13.6. The van der Waals surface area contributed by atoms with Gasteiger partial charge in [0.2, 0.25) is 11.8 Å². The number of para-hydroxylation sites is 1. The lowest BCUT2D eigenvalue weighted by Gasteiger charge is -2.38. The largest absolute Gasteiger partial charge is 0.497 e. The quantitative estimate of drug-likeness (QED) is 0.371. The van der Waals surface area contributed by atoms with E-state index >= 15 is 0 Å². The van der Waals surface area contributed by atoms with Crippen LogP contribution in [0.15, 0.2) is 84.9 Å². The van der Waals surface area contributed by atoms with Crippen molar-refractivity contribution in [2.24, 2.45) is 5.41 Å². The first-order valence-electron chi connectivity index (χ1n) is 13.6. The van der Waals surface area contributed by atoms with Gasteiger partial charge in [0.05, 0.1) is 18.4 Å². The van der Waals surface area contributed by atoms with Crippen molar-refractivity contribution in [3.63, 3.8) is 0 Å². The van der Waals surface area contributed by atoms with E-state index in [2.05, 4.69) is 10.2 Å². The van der Waals surface area contributed by atoms with E-state index < -0.39 is 0 Å². The number of carbonyl (C=O) groups is 2. The lowest BCUT2D eigenvalue weighted by Crippen LogP contribution is -2.45. The van der Waals surface area contributed by atoms with Crippen LogP contribution in [0.4, 0.5) is 5.69 Å². The van der Waals surface area contributed by atoms with Crippen molar-refractivity contribution in [1.29, 1.82) is 0 Å². The second kappa shape index (κ2) is 13.1. The summed E-state index contributed by atoms with van der Waals surface area (Å²) in [7, 11) is 1.66. The van der Waals surface area contributed by atoms with Crippen LogP contribution in [0.2, 0.25) is 0 Å². The summed E-state index contributed by atoms with van der Waals surface area (Å²) in [6, 6.07) is 27.7. The topological polar surface area (TPSA) is 61.9 Å². The number of rotatable bonds is 9. The first-order chi connectivity index (χ1) is 18.6. The number of halogens is 1. The van der Waals surface area contributed by atoms with Gasteiger partial charge in [-0.2, -0.15) is 0 Å². The van der Waals surface area contributed by atoms with Gasteiger partial charge >= 0.3 is 0 Å². The molecule has 1 atom stereocenters. The molecule has 206 valence electrons. The first kappa shape index (κ1) is 28.7. The van der Waals surface area contributed by atoms with Crippen molar-refractivity contribution in [3.8, 4) is 5.75 Å². The molecule has 2 heterocycles. The van der Waals surface area contributed by atoms with Crippen LogP contribution < -0.4 is 10.1 Å². The Bertz CT molecular complexity index is 1210. The molecule has 1 unspecified atom stereocenters. The summed E-state index contributed by atoms with van der Waals surface area (Å²) in [5.74, 6) is 0.936. The van der Waals surface area contributed by atoms with Crippen LogP contribution in [0.5, 0.6) is 5.75 Å². The van der Waals surface area contributed by atoms with Crippen LogP contribution in [0.3, 0.4) is 0 Å². The minimum absolute atomic E-state index is 0. The standard InChI is InChI=1S/C32H37N3O3.ClH/c1-38-28-14-12-25(13-15-28)24-35-23-19-32(31(35)37)17-21-34(22-18-32)20-16-29(26-8-4-2-5-9-26)30(36)33-27-10-6-3-7-11-27;/h2-15,29H,16-24H2,1H3,(H,33,36);1H. The fraction of sp³-hybridized carbons (Fsp3) is 0.375. The van der Waals surface area contributed by atoms with E-state index in [0.29, 0.717) is 12.5 Å². The Balaban J connectivity index is 0.00000353. The Morgan fingerprint density at radius 2 is 1.51 bits per heavy atom. The zero-order chi connectivity index (χ0) is 26.4. The molecule has 1 spiro atoms. The van der Waals surface area contributed by atoms with E-state index in [-0.39, 0.29) is 29.6 Å². The average molecular weight is 548 g/mol. The maximum atomic E-state index is 13.5. The molecule has 2 aliphatic heterocycles. The molecule has 3 aromatic rings. The molecule has 39 heavy (non-hydrogen) atoms. The number of amides is 2. The third-order valence-corrected chi connectivity index (χ3v) is 8.24. The molecule has 0 saturated carbocycles. The van der Waals surface area contributed by atoms with Crippen molar-refractivity contribution < 1.29 is 14.3 Å². The summed E-state index contributed by atoms with van der Waals surface area (Å²) in [5, 5.41) is 3.09. The Hall–Kier alpha value is -3.35. The van der Waals surface area contributed by atoms with E-state index in [9.17, 15) is 9.59 Å². The lowest BCUT2D eigenvalue weighted by atomic mass is 9.77. The third-order valence-electron chi connectivity index (χ3n) is 8.24. The van der Waals surface area contributed by atoms with Crippen LogP contribution >= 0.6 is 12.4 Å². The SMILES string of the molecule is COc1ccc(CN2CCC3(CCN(CCC(C(=O)Nc4ccccc4)c4ccccc4)CC3)C2=O)cc1.Cl. The molecule has 5 rings (SSSR count). The fourth-order valence-corrected chi connectivity index (χ4v) is 5.86. The number of hydrogen-bond acceptors (Lipinski definition) is 4. The normalized spacial score (nSPS) is 17.5. The number of ether oxygens (including phenoxy) is 1. The number of nitrogens with one attached hydrogen (secondary N) is 1. The highest BCUT2D eigenvalue weighted by atomic mass is 35.5. The molecule has 6 nitrogen and oxygen atoms in total. The molecular weight excluding hydrogens is 510 g/mol. The summed E-state index contributed by atoms with van der Waals surface area (Å²) in [6.45, 7) is 4.10. The Morgan fingerprint density at radius 3 is 2.15 bits per heavy atom. The Labute approximate surface area is 237 Å². The van der Waals surface area contributed by atoms with Gasteiger partial charge in [-0.15, -0.1) is 12.4 Å². The molecule has 2 saturated heterocycles. The van der Waals surface area contributed by atoms with Crippen molar-refractivity contribution >= 4 is 29.9 Å². The monoisotopic (exact) mass is 547 g/mol. The van der Waals surface area contributed by atoms with Crippen LogP contribution in [0.25, 0.3) is 0 Å². The summed E-state index contributed by atoms with van der Waals surface area (Å²) in [5.41, 5.74) is 2.76. The zero-order valence-electron chi connectivity index (χ0n) is 22.6. The number of benzene rings is 3. The number of piperidine rings is 1. The molecule has 0 aliphatic carbocycles. The summed E-state index contributed by atoms with van der Waals surface area (Å²) in [6.07, 6.45) is 3.45. The molecule has 1 N–H and O–H groups in total. The van der Waals surface area contributed by atoms with Crippen molar-refractivity contribution in [2.45, 2.75) is 38.1 Å². The highest BCUT2D eigenvalue weighted by Gasteiger charge is 2.47. The highest BCUT2D eigenvalue weighted by Crippen LogP contribution is 2.42. The predicted molar refractivity (Wildman–Crippen MR) is 157 cm³/mol. The number of carbonyl (C=O) groups excluding carboxylic acids is 2. The molecule has 7 heteroatoms. The molecule has 2 fully saturated rings. The van der Waals surface area contributed by atoms with Gasteiger partial charge in [0.1, 0.15) is 5.75 Å². The van der Waals surface area contributed by atoms with Gasteiger partial charge in [-0.05, 0) is 80.7 Å². The summed E-state index contributed by atoms with van der Waals surface area (Å²) >= 11 is 0. The summed E-state index contributed by atoms with van der Waals surface area (Å²) in [4.78, 5) is 31.2. The van der Waals surface area contributed by atoms with Gasteiger partial charge in [0.25, 0.3) is 0 Å². The minimum atomic E-state index is -0.230. The van der Waals surface area contributed by atoms with E-state index in [1.807, 2.05) is 89.8 Å². The van der Waals surface area contributed by atoms with E-state index in [1.54, 1.807) is 7.11 Å². The van der Waals surface area contributed by atoms with E-state index in [1.165, 1.54) is 0 Å². The van der Waals surface area contributed by atoms with Crippen LogP contribution in [-0.2, 0) is 16.1 Å². The molecule has 0 radical (unpaired) electrons. The van der Waals surface area contributed by atoms with Gasteiger partial charge < -0.3 is 19.9 Å². The van der Waals surface area contributed by atoms with E-state index in [4.69, 9.17) is 4.74 Å². The fourth-order valence-electron chi connectivity index (χ4n) is 5.86. The Kier molecular flexibility index (Phi) is 9.65. The van der Waals surface area contributed by atoms with Crippen molar-refractivity contribution in [2.75, 3.05) is 38.6 Å². The van der Waals surface area contributed by atoms with Crippen molar-refractivity contribution in [3.05, 3.63) is 96.1 Å². The second-order valence-corrected chi connectivity index (χ2v) is 10.6. The van der Waals surface area contributed by atoms with Gasteiger partial charge in [0, 0.05) is 18.8 Å². The highest BCUT2D eigenvalue weighted by molar-refractivity contribution is 5.95. The zero-order valence-corrected chi connectivity index (χ0v) is 23.4. The van der Waals surface area contributed by atoms with Crippen molar-refractivity contribution in [1.82, 2.24) is 9.80 Å². The number of likely N-dealkylation sites (tertiary alicyclic amines) is 2. The summed E-state index contributed by atoms with van der Waals surface area (Å²) < 4.78 is 5.25. The molecule has 0 aromatic heterocycles. The Morgan fingerprint density at radius 1 is 0.897 bits per heavy atom. The minimum Gasteiger partial charge on any atom is -0.497 e. The van der Waals surface area contributed by atoms with Crippen LogP contribution in [0.1, 0.15) is 42.7 Å². The molecule has 0 bridgehead atoms. The van der Waals surface area contributed by atoms with Gasteiger partial charge in [-0.1, -0.05) is 60.7 Å². The third kappa shape index (κ3) is 6.81. The van der Waals surface area contributed by atoms with Gasteiger partial charge in [0.15, 0.2) is 0 Å². The lowest BCUT2D eigenvalue weighted by molar-refractivity contribution is -0.138. The van der Waals surface area contributed by atoms with Crippen LogP contribution in [-0.4, -0.2) is 54.9 Å². The predicted octanol–water partition coefficient (Wildman–Crippen LogP) is 5.74.